The molecule has 0 fully saturated rings. The molecule has 98 valence electrons. The third-order valence-electron chi connectivity index (χ3n) is 2.89. The lowest BCUT2D eigenvalue weighted by atomic mass is 10.1. The van der Waals surface area contributed by atoms with Gasteiger partial charge in [0.2, 0.25) is 0 Å². The van der Waals surface area contributed by atoms with Gasteiger partial charge >= 0.3 is 0 Å². The molecule has 4 heteroatoms. The first-order chi connectivity index (χ1) is 9.06. The van der Waals surface area contributed by atoms with E-state index < -0.39 is 0 Å². The minimum absolute atomic E-state index is 0.0767. The Hall–Kier alpha value is -2.49. The summed E-state index contributed by atoms with van der Waals surface area (Å²) in [4.78, 5) is 12.0. The van der Waals surface area contributed by atoms with Crippen LogP contribution >= 0.6 is 0 Å². The number of nitrogens with one attached hydrogen (secondary N) is 1. The zero-order chi connectivity index (χ0) is 13.8. The maximum atomic E-state index is 12.0. The Balaban J connectivity index is 2.08. The molecule has 2 aromatic rings. The molecule has 4 nitrogen and oxygen atoms in total. The van der Waals surface area contributed by atoms with Crippen molar-refractivity contribution in [3.8, 4) is 5.75 Å². The molecule has 0 aliphatic heterocycles. The highest BCUT2D eigenvalue weighted by molar-refractivity contribution is 5.94. The Bertz CT molecular complexity index is 579. The summed E-state index contributed by atoms with van der Waals surface area (Å²) in [6, 6.07) is 13.5. The van der Waals surface area contributed by atoms with E-state index in [1.54, 1.807) is 24.3 Å². The highest BCUT2D eigenvalue weighted by atomic mass is 16.3. The van der Waals surface area contributed by atoms with Gasteiger partial charge in [-0.3, -0.25) is 4.79 Å². The van der Waals surface area contributed by atoms with E-state index in [0.717, 1.165) is 5.56 Å². The summed E-state index contributed by atoms with van der Waals surface area (Å²) in [5.74, 6) is -0.145. The molecule has 1 atom stereocenters. The molecule has 2 rings (SSSR count). The minimum Gasteiger partial charge on any atom is -0.508 e. The van der Waals surface area contributed by atoms with Gasteiger partial charge in [-0.1, -0.05) is 18.2 Å². The zero-order valence-electron chi connectivity index (χ0n) is 10.6. The number of phenols is 1. The van der Waals surface area contributed by atoms with Crippen molar-refractivity contribution in [3.05, 3.63) is 59.7 Å². The van der Waals surface area contributed by atoms with E-state index in [4.69, 9.17) is 5.73 Å². The van der Waals surface area contributed by atoms with Crippen LogP contribution in [0.5, 0.6) is 5.75 Å². The fourth-order valence-corrected chi connectivity index (χ4v) is 1.80. The summed E-state index contributed by atoms with van der Waals surface area (Å²) in [6.45, 7) is 1.90. The number of carbonyl (C=O) groups is 1. The van der Waals surface area contributed by atoms with E-state index in [2.05, 4.69) is 5.32 Å². The third-order valence-corrected chi connectivity index (χ3v) is 2.89. The van der Waals surface area contributed by atoms with Crippen molar-refractivity contribution in [3.63, 3.8) is 0 Å². The van der Waals surface area contributed by atoms with Gasteiger partial charge in [0.1, 0.15) is 5.75 Å². The van der Waals surface area contributed by atoms with Crippen LogP contribution in [0.25, 0.3) is 0 Å². The molecule has 0 spiro atoms. The number of benzene rings is 2. The third kappa shape index (κ3) is 3.25. The monoisotopic (exact) mass is 256 g/mol. The van der Waals surface area contributed by atoms with Crippen molar-refractivity contribution < 1.29 is 9.90 Å². The normalized spacial score (nSPS) is 11.8. The van der Waals surface area contributed by atoms with E-state index in [9.17, 15) is 9.90 Å². The Morgan fingerprint density at radius 1 is 1.21 bits per heavy atom. The van der Waals surface area contributed by atoms with Gasteiger partial charge in [0.15, 0.2) is 0 Å². The molecule has 2 aromatic carbocycles. The molecule has 0 saturated heterocycles. The zero-order valence-corrected chi connectivity index (χ0v) is 10.6. The lowest BCUT2D eigenvalue weighted by Crippen LogP contribution is -2.26. The van der Waals surface area contributed by atoms with Gasteiger partial charge in [-0.05, 0) is 42.8 Å². The second-order valence-corrected chi connectivity index (χ2v) is 4.41. The molecule has 1 amide bonds. The second kappa shape index (κ2) is 5.44. The van der Waals surface area contributed by atoms with Gasteiger partial charge in [0.25, 0.3) is 5.91 Å². The number of hydrogen-bond acceptors (Lipinski definition) is 3. The van der Waals surface area contributed by atoms with Crippen LogP contribution in [-0.4, -0.2) is 11.0 Å². The molecule has 0 saturated carbocycles. The van der Waals surface area contributed by atoms with E-state index in [1.165, 1.54) is 12.1 Å². The van der Waals surface area contributed by atoms with E-state index in [0.29, 0.717) is 11.3 Å². The summed E-state index contributed by atoms with van der Waals surface area (Å²) in [5, 5.41) is 12.2. The van der Waals surface area contributed by atoms with Crippen molar-refractivity contribution in [1.29, 1.82) is 0 Å². The Morgan fingerprint density at radius 2 is 1.89 bits per heavy atom. The van der Waals surface area contributed by atoms with Crippen molar-refractivity contribution in [2.75, 3.05) is 5.73 Å². The average molecular weight is 256 g/mol. The Labute approximate surface area is 111 Å². The summed E-state index contributed by atoms with van der Waals surface area (Å²) >= 11 is 0. The second-order valence-electron chi connectivity index (χ2n) is 4.41. The number of nitrogen functional groups attached to an aromatic ring is 1. The Kier molecular flexibility index (Phi) is 3.71. The van der Waals surface area contributed by atoms with Gasteiger partial charge in [0.05, 0.1) is 6.04 Å². The smallest absolute Gasteiger partial charge is 0.251 e. The van der Waals surface area contributed by atoms with E-state index >= 15 is 0 Å². The minimum atomic E-state index is -0.222. The summed E-state index contributed by atoms with van der Waals surface area (Å²) in [7, 11) is 0. The molecule has 19 heavy (non-hydrogen) atoms. The molecule has 1 unspecified atom stereocenters. The molecule has 0 aliphatic carbocycles. The topological polar surface area (TPSA) is 75.3 Å². The molecule has 0 radical (unpaired) electrons. The first-order valence-corrected chi connectivity index (χ1v) is 6.01. The van der Waals surface area contributed by atoms with Crippen molar-refractivity contribution >= 4 is 11.6 Å². The van der Waals surface area contributed by atoms with E-state index in [-0.39, 0.29) is 17.7 Å². The van der Waals surface area contributed by atoms with Crippen LogP contribution in [0.3, 0.4) is 0 Å². The van der Waals surface area contributed by atoms with Crippen LogP contribution in [0.4, 0.5) is 5.69 Å². The SMILES string of the molecule is CC(NC(=O)c1cccc(O)c1)c1ccc(N)cc1. The molecular weight excluding hydrogens is 240 g/mol. The quantitative estimate of drug-likeness (QED) is 0.738. The number of hydrogen-bond donors (Lipinski definition) is 3. The first-order valence-electron chi connectivity index (χ1n) is 6.01. The fourth-order valence-electron chi connectivity index (χ4n) is 1.80. The van der Waals surface area contributed by atoms with Gasteiger partial charge in [-0.15, -0.1) is 0 Å². The van der Waals surface area contributed by atoms with E-state index in [1.807, 2.05) is 19.1 Å². The first kappa shape index (κ1) is 13.0. The standard InChI is InChI=1S/C15H16N2O2/c1-10(11-5-7-13(16)8-6-11)17-15(19)12-3-2-4-14(18)9-12/h2-10,18H,16H2,1H3,(H,17,19). The molecule has 0 bridgehead atoms. The number of anilines is 1. The molecule has 4 N–H and O–H groups in total. The number of rotatable bonds is 3. The van der Waals surface area contributed by atoms with Gasteiger partial charge < -0.3 is 16.2 Å². The predicted molar refractivity (Wildman–Crippen MR) is 74.8 cm³/mol. The van der Waals surface area contributed by atoms with Crippen molar-refractivity contribution in [2.45, 2.75) is 13.0 Å². The number of amides is 1. The summed E-state index contributed by atoms with van der Waals surface area (Å²) in [5.41, 5.74) is 7.72. The van der Waals surface area contributed by atoms with Crippen LogP contribution < -0.4 is 11.1 Å². The van der Waals surface area contributed by atoms with Crippen LogP contribution in [0.1, 0.15) is 28.9 Å². The van der Waals surface area contributed by atoms with Crippen molar-refractivity contribution in [1.82, 2.24) is 5.32 Å². The molecule has 0 heterocycles. The maximum absolute atomic E-state index is 12.0. The number of aromatic hydroxyl groups is 1. The summed E-state index contributed by atoms with van der Waals surface area (Å²) in [6.07, 6.45) is 0. The van der Waals surface area contributed by atoms with Crippen molar-refractivity contribution in [2.24, 2.45) is 0 Å². The molecule has 0 aromatic heterocycles. The van der Waals surface area contributed by atoms with Gasteiger partial charge in [-0.25, -0.2) is 0 Å². The van der Waals surface area contributed by atoms with Gasteiger partial charge in [0, 0.05) is 11.3 Å². The molecule has 0 aliphatic rings. The maximum Gasteiger partial charge on any atom is 0.251 e. The van der Waals surface area contributed by atoms with Crippen LogP contribution in [0.2, 0.25) is 0 Å². The number of phenolic OH excluding ortho intramolecular Hbond substituents is 1. The highest BCUT2D eigenvalue weighted by Crippen LogP contribution is 2.16. The number of nitrogens with two attached hydrogens (primary N) is 1. The van der Waals surface area contributed by atoms with Gasteiger partial charge in [-0.2, -0.15) is 0 Å². The fraction of sp³-hybridized carbons (Fsp3) is 0.133. The largest absolute Gasteiger partial charge is 0.508 e. The molecular formula is C15H16N2O2. The summed E-state index contributed by atoms with van der Waals surface area (Å²) < 4.78 is 0. The average Bonchev–Trinajstić information content (AvgIpc) is 2.39. The van der Waals surface area contributed by atoms with Crippen LogP contribution in [0.15, 0.2) is 48.5 Å². The predicted octanol–water partition coefficient (Wildman–Crippen LogP) is 2.47. The lowest BCUT2D eigenvalue weighted by molar-refractivity contribution is 0.0939. The lowest BCUT2D eigenvalue weighted by Gasteiger charge is -2.14. The highest BCUT2D eigenvalue weighted by Gasteiger charge is 2.11. The number of carbonyl (C=O) groups excluding carboxylic acids is 1. The van der Waals surface area contributed by atoms with Crippen LogP contribution in [-0.2, 0) is 0 Å². The van der Waals surface area contributed by atoms with Crippen LogP contribution in [0, 0.1) is 0 Å². The Morgan fingerprint density at radius 3 is 2.53 bits per heavy atom.